The SMILES string of the molecule is CCOC(=O)c1nc2n(c(=O)c1O)CCSC2. The summed E-state index contributed by atoms with van der Waals surface area (Å²) < 4.78 is 6.14. The highest BCUT2D eigenvalue weighted by atomic mass is 32.2. The molecule has 1 aliphatic heterocycles. The third kappa shape index (κ3) is 2.14. The molecular weight excluding hydrogens is 244 g/mol. The summed E-state index contributed by atoms with van der Waals surface area (Å²) in [7, 11) is 0. The molecule has 0 amide bonds. The number of thioether (sulfide) groups is 1. The Morgan fingerprint density at radius 2 is 2.41 bits per heavy atom. The zero-order valence-electron chi connectivity index (χ0n) is 9.30. The molecule has 92 valence electrons. The van der Waals surface area contributed by atoms with E-state index in [2.05, 4.69) is 4.98 Å². The molecule has 17 heavy (non-hydrogen) atoms. The van der Waals surface area contributed by atoms with Gasteiger partial charge >= 0.3 is 5.97 Å². The van der Waals surface area contributed by atoms with E-state index in [1.54, 1.807) is 18.7 Å². The lowest BCUT2D eigenvalue weighted by Crippen LogP contribution is -2.30. The quantitative estimate of drug-likeness (QED) is 0.770. The average Bonchev–Trinajstić information content (AvgIpc) is 2.34. The number of fused-ring (bicyclic) bond motifs is 1. The number of hydrogen-bond acceptors (Lipinski definition) is 6. The second-order valence-corrected chi connectivity index (χ2v) is 4.56. The van der Waals surface area contributed by atoms with Gasteiger partial charge in [0.1, 0.15) is 5.82 Å². The highest BCUT2D eigenvalue weighted by Gasteiger charge is 2.23. The van der Waals surface area contributed by atoms with Crippen molar-refractivity contribution >= 4 is 17.7 Å². The zero-order valence-corrected chi connectivity index (χ0v) is 10.1. The lowest BCUT2D eigenvalue weighted by molar-refractivity contribution is 0.0514. The van der Waals surface area contributed by atoms with Crippen LogP contribution in [0.1, 0.15) is 23.2 Å². The molecule has 1 aliphatic rings. The van der Waals surface area contributed by atoms with Crippen molar-refractivity contribution in [3.05, 3.63) is 21.9 Å². The van der Waals surface area contributed by atoms with Crippen LogP contribution < -0.4 is 5.56 Å². The van der Waals surface area contributed by atoms with Gasteiger partial charge in [-0.2, -0.15) is 11.8 Å². The number of ether oxygens (including phenoxy) is 1. The number of rotatable bonds is 2. The van der Waals surface area contributed by atoms with Crippen molar-refractivity contribution in [1.82, 2.24) is 9.55 Å². The highest BCUT2D eigenvalue weighted by Crippen LogP contribution is 2.19. The van der Waals surface area contributed by atoms with Gasteiger partial charge in [0.2, 0.25) is 5.75 Å². The summed E-state index contributed by atoms with van der Waals surface area (Å²) in [6, 6.07) is 0. The molecule has 0 fully saturated rings. The first-order chi connectivity index (χ1) is 8.15. The molecule has 2 rings (SSSR count). The molecule has 7 heteroatoms. The van der Waals surface area contributed by atoms with Crippen LogP contribution >= 0.6 is 11.8 Å². The van der Waals surface area contributed by atoms with Gasteiger partial charge in [0, 0.05) is 12.3 Å². The Kier molecular flexibility index (Phi) is 3.37. The minimum absolute atomic E-state index is 0.174. The van der Waals surface area contributed by atoms with E-state index < -0.39 is 17.3 Å². The summed E-state index contributed by atoms with van der Waals surface area (Å²) in [5.41, 5.74) is -0.857. The third-order valence-electron chi connectivity index (χ3n) is 2.38. The Morgan fingerprint density at radius 3 is 3.12 bits per heavy atom. The van der Waals surface area contributed by atoms with Gasteiger partial charge in [-0.25, -0.2) is 9.78 Å². The van der Waals surface area contributed by atoms with Gasteiger partial charge in [-0.05, 0) is 6.92 Å². The minimum Gasteiger partial charge on any atom is -0.501 e. The van der Waals surface area contributed by atoms with E-state index >= 15 is 0 Å². The van der Waals surface area contributed by atoms with Crippen molar-refractivity contribution in [3.8, 4) is 5.75 Å². The number of nitrogens with zero attached hydrogens (tertiary/aromatic N) is 2. The molecule has 2 heterocycles. The van der Waals surface area contributed by atoms with Crippen molar-refractivity contribution in [3.63, 3.8) is 0 Å². The van der Waals surface area contributed by atoms with E-state index in [0.29, 0.717) is 18.1 Å². The summed E-state index contributed by atoms with van der Waals surface area (Å²) in [5.74, 6) is 0.474. The van der Waals surface area contributed by atoms with Crippen LogP contribution in [-0.2, 0) is 17.0 Å². The van der Waals surface area contributed by atoms with Crippen molar-refractivity contribution in [2.45, 2.75) is 19.2 Å². The van der Waals surface area contributed by atoms with E-state index in [1.807, 2.05) is 0 Å². The summed E-state index contributed by atoms with van der Waals surface area (Å²) in [5, 5.41) is 9.65. The highest BCUT2D eigenvalue weighted by molar-refractivity contribution is 7.98. The number of esters is 1. The number of aromatic nitrogens is 2. The number of hydrogen-bond donors (Lipinski definition) is 1. The number of carbonyl (C=O) groups excluding carboxylic acids is 1. The predicted octanol–water partition coefficient (Wildman–Crippen LogP) is 0.372. The topological polar surface area (TPSA) is 81.4 Å². The van der Waals surface area contributed by atoms with Crippen LogP contribution in [0.2, 0.25) is 0 Å². The van der Waals surface area contributed by atoms with Crippen LogP contribution in [0.25, 0.3) is 0 Å². The second-order valence-electron chi connectivity index (χ2n) is 3.46. The molecular formula is C10H12N2O4S. The van der Waals surface area contributed by atoms with E-state index in [0.717, 1.165) is 5.75 Å². The molecule has 1 N–H and O–H groups in total. The first-order valence-corrected chi connectivity index (χ1v) is 6.38. The first-order valence-electron chi connectivity index (χ1n) is 5.22. The fourth-order valence-electron chi connectivity index (χ4n) is 1.59. The maximum atomic E-state index is 11.8. The van der Waals surface area contributed by atoms with Gasteiger partial charge < -0.3 is 9.84 Å². The Labute approximate surface area is 102 Å². The van der Waals surface area contributed by atoms with Gasteiger partial charge in [0.25, 0.3) is 5.56 Å². The van der Waals surface area contributed by atoms with Crippen LogP contribution in [0.15, 0.2) is 4.79 Å². The van der Waals surface area contributed by atoms with E-state index in [9.17, 15) is 14.7 Å². The molecule has 1 aromatic rings. The maximum absolute atomic E-state index is 11.8. The van der Waals surface area contributed by atoms with Crippen molar-refractivity contribution in [2.24, 2.45) is 0 Å². The summed E-state index contributed by atoms with van der Waals surface area (Å²) in [6.45, 7) is 2.33. The van der Waals surface area contributed by atoms with Gasteiger partial charge in [-0.3, -0.25) is 9.36 Å². The summed E-state index contributed by atoms with van der Waals surface area (Å²) in [6.07, 6.45) is 0. The minimum atomic E-state index is -0.763. The van der Waals surface area contributed by atoms with Gasteiger partial charge in [0.15, 0.2) is 5.69 Å². The van der Waals surface area contributed by atoms with Crippen LogP contribution in [0.4, 0.5) is 0 Å². The molecule has 0 aliphatic carbocycles. The monoisotopic (exact) mass is 256 g/mol. The van der Waals surface area contributed by atoms with E-state index in [1.165, 1.54) is 4.57 Å². The fraction of sp³-hybridized carbons (Fsp3) is 0.500. The van der Waals surface area contributed by atoms with Gasteiger partial charge in [0.05, 0.1) is 12.4 Å². The molecule has 0 unspecified atom stereocenters. The molecule has 0 bridgehead atoms. The molecule has 0 spiro atoms. The Bertz CT molecular complexity index is 512. The second kappa shape index (κ2) is 4.79. The van der Waals surface area contributed by atoms with Crippen LogP contribution in [0.3, 0.4) is 0 Å². The number of aromatic hydroxyl groups is 1. The lowest BCUT2D eigenvalue weighted by atomic mass is 10.3. The lowest BCUT2D eigenvalue weighted by Gasteiger charge is -2.17. The van der Waals surface area contributed by atoms with Crippen molar-refractivity contribution < 1.29 is 14.6 Å². The smallest absolute Gasteiger partial charge is 0.361 e. The molecule has 0 aromatic carbocycles. The van der Waals surface area contributed by atoms with Crippen molar-refractivity contribution in [2.75, 3.05) is 12.4 Å². The Hall–Kier alpha value is -1.50. The largest absolute Gasteiger partial charge is 0.501 e. The predicted molar refractivity (Wildman–Crippen MR) is 62.3 cm³/mol. The third-order valence-corrected chi connectivity index (χ3v) is 3.32. The first kappa shape index (κ1) is 12.0. The van der Waals surface area contributed by atoms with Crippen LogP contribution in [-0.4, -0.2) is 33.0 Å². The van der Waals surface area contributed by atoms with E-state index in [4.69, 9.17) is 4.74 Å². The standard InChI is InChI=1S/C10H12N2O4S/c1-2-16-10(15)7-8(13)9(14)12-3-4-17-5-6(12)11-7/h13H,2-5H2,1H3. The normalized spacial score (nSPS) is 14.2. The Morgan fingerprint density at radius 1 is 1.65 bits per heavy atom. The van der Waals surface area contributed by atoms with Crippen LogP contribution in [0.5, 0.6) is 5.75 Å². The molecule has 6 nitrogen and oxygen atoms in total. The fourth-order valence-corrected chi connectivity index (χ4v) is 2.45. The van der Waals surface area contributed by atoms with Crippen molar-refractivity contribution in [1.29, 1.82) is 0 Å². The maximum Gasteiger partial charge on any atom is 0.361 e. The Balaban J connectivity index is 2.51. The molecule has 0 radical (unpaired) electrons. The average molecular weight is 256 g/mol. The molecule has 0 saturated carbocycles. The zero-order chi connectivity index (χ0) is 12.4. The molecule has 0 saturated heterocycles. The molecule has 0 atom stereocenters. The molecule has 1 aromatic heterocycles. The number of carbonyl (C=O) groups is 1. The van der Waals surface area contributed by atoms with Crippen LogP contribution in [0, 0.1) is 0 Å². The summed E-state index contributed by atoms with van der Waals surface area (Å²) in [4.78, 5) is 27.3. The van der Waals surface area contributed by atoms with E-state index in [-0.39, 0.29) is 12.3 Å². The van der Waals surface area contributed by atoms with Gasteiger partial charge in [-0.15, -0.1) is 0 Å². The van der Waals surface area contributed by atoms with Gasteiger partial charge in [-0.1, -0.05) is 0 Å². The summed E-state index contributed by atoms with van der Waals surface area (Å²) >= 11 is 1.63.